The third kappa shape index (κ3) is 3.24. The van der Waals surface area contributed by atoms with Crippen LogP contribution in [0.15, 0.2) is 12.1 Å². The Bertz CT molecular complexity index is 388. The first-order valence-electron chi connectivity index (χ1n) is 5.84. The molecule has 1 aromatic heterocycles. The third-order valence-electron chi connectivity index (χ3n) is 3.10. The van der Waals surface area contributed by atoms with Crippen LogP contribution in [0.2, 0.25) is 0 Å². The van der Waals surface area contributed by atoms with Crippen molar-refractivity contribution in [2.24, 2.45) is 0 Å². The summed E-state index contributed by atoms with van der Waals surface area (Å²) in [6.45, 7) is 6.39. The van der Waals surface area contributed by atoms with Crippen LogP contribution in [-0.4, -0.2) is 42.0 Å². The van der Waals surface area contributed by atoms with Crippen molar-refractivity contribution in [2.75, 3.05) is 26.2 Å². The van der Waals surface area contributed by atoms with E-state index in [1.54, 1.807) is 6.07 Å². The van der Waals surface area contributed by atoms with E-state index in [1.807, 2.05) is 6.07 Å². The van der Waals surface area contributed by atoms with E-state index in [-0.39, 0.29) is 9.92 Å². The fourth-order valence-electron chi connectivity index (χ4n) is 2.12. The molecule has 1 atom stereocenters. The van der Waals surface area contributed by atoms with Gasteiger partial charge in [-0.25, -0.2) is 0 Å². The molecule has 0 bridgehead atoms. The molecule has 1 aliphatic rings. The maximum atomic E-state index is 10.6. The molecule has 6 heteroatoms. The van der Waals surface area contributed by atoms with Gasteiger partial charge in [0.2, 0.25) is 0 Å². The molecule has 2 rings (SSSR count). The van der Waals surface area contributed by atoms with Gasteiger partial charge in [0.15, 0.2) is 0 Å². The van der Waals surface area contributed by atoms with Crippen LogP contribution in [0.1, 0.15) is 11.8 Å². The van der Waals surface area contributed by atoms with E-state index in [0.29, 0.717) is 6.04 Å². The summed E-state index contributed by atoms with van der Waals surface area (Å²) >= 11 is 1.29. The van der Waals surface area contributed by atoms with Crippen LogP contribution in [0, 0.1) is 10.1 Å². The number of hydrogen-bond acceptors (Lipinski definition) is 5. The fourth-order valence-corrected chi connectivity index (χ4v) is 3.06. The lowest BCUT2D eigenvalue weighted by atomic mass is 10.1. The Morgan fingerprint density at radius 3 is 2.82 bits per heavy atom. The minimum atomic E-state index is -0.316. The fraction of sp³-hybridized carbons (Fsp3) is 0.636. The van der Waals surface area contributed by atoms with Gasteiger partial charge in [-0.3, -0.25) is 15.0 Å². The number of piperazine rings is 1. The first-order chi connectivity index (χ1) is 8.16. The molecular weight excluding hydrogens is 238 g/mol. The molecule has 0 aromatic carbocycles. The highest BCUT2D eigenvalue weighted by Crippen LogP contribution is 2.25. The molecule has 0 spiro atoms. The zero-order valence-corrected chi connectivity index (χ0v) is 10.7. The van der Waals surface area contributed by atoms with Crippen molar-refractivity contribution < 1.29 is 4.92 Å². The lowest BCUT2D eigenvalue weighted by molar-refractivity contribution is -0.380. The number of nitrogens with zero attached hydrogens (tertiary/aromatic N) is 2. The monoisotopic (exact) mass is 255 g/mol. The molecule has 1 saturated heterocycles. The summed E-state index contributed by atoms with van der Waals surface area (Å²) in [5, 5.41) is 14.2. The van der Waals surface area contributed by atoms with Gasteiger partial charge in [0.25, 0.3) is 0 Å². The van der Waals surface area contributed by atoms with E-state index in [1.165, 1.54) is 11.3 Å². The van der Waals surface area contributed by atoms with Crippen molar-refractivity contribution in [2.45, 2.75) is 19.4 Å². The minimum absolute atomic E-state index is 0.243. The van der Waals surface area contributed by atoms with Crippen molar-refractivity contribution in [3.05, 3.63) is 27.1 Å². The van der Waals surface area contributed by atoms with Crippen molar-refractivity contribution in [1.82, 2.24) is 10.2 Å². The quantitative estimate of drug-likeness (QED) is 0.654. The number of nitro groups is 1. The van der Waals surface area contributed by atoms with Gasteiger partial charge >= 0.3 is 5.00 Å². The molecule has 0 aliphatic carbocycles. The van der Waals surface area contributed by atoms with Gasteiger partial charge < -0.3 is 5.32 Å². The summed E-state index contributed by atoms with van der Waals surface area (Å²) in [7, 11) is 0. The zero-order chi connectivity index (χ0) is 12.3. The summed E-state index contributed by atoms with van der Waals surface area (Å²) in [5.74, 6) is 0. The Kier molecular flexibility index (Phi) is 4.09. The highest BCUT2D eigenvalue weighted by Gasteiger charge is 2.18. The summed E-state index contributed by atoms with van der Waals surface area (Å²) < 4.78 is 0. The van der Waals surface area contributed by atoms with E-state index in [0.717, 1.165) is 37.5 Å². The highest BCUT2D eigenvalue weighted by atomic mass is 32.1. The average molecular weight is 255 g/mol. The average Bonchev–Trinajstić information content (AvgIpc) is 2.79. The van der Waals surface area contributed by atoms with Gasteiger partial charge in [0.05, 0.1) is 4.92 Å². The van der Waals surface area contributed by atoms with Gasteiger partial charge in [-0.2, -0.15) is 0 Å². The van der Waals surface area contributed by atoms with Crippen LogP contribution >= 0.6 is 11.3 Å². The predicted molar refractivity (Wildman–Crippen MR) is 68.6 cm³/mol. The molecule has 1 aromatic rings. The SMILES string of the molecule is CC(Cc1ccc([N+](=O)[O-])s1)N1CCNCC1. The largest absolute Gasteiger partial charge is 0.324 e. The summed E-state index contributed by atoms with van der Waals surface area (Å²) in [6.07, 6.45) is 0.901. The second kappa shape index (κ2) is 5.57. The van der Waals surface area contributed by atoms with E-state index in [2.05, 4.69) is 17.1 Å². The van der Waals surface area contributed by atoms with Crippen molar-refractivity contribution >= 4 is 16.3 Å². The van der Waals surface area contributed by atoms with Gasteiger partial charge in [-0.1, -0.05) is 11.3 Å². The third-order valence-corrected chi connectivity index (χ3v) is 4.16. The Hall–Kier alpha value is -0.980. The summed E-state index contributed by atoms with van der Waals surface area (Å²) in [6, 6.07) is 3.93. The number of thiophene rings is 1. The lowest BCUT2D eigenvalue weighted by Crippen LogP contribution is -2.48. The standard InChI is InChI=1S/C11H17N3O2S/c1-9(13-6-4-12-5-7-13)8-10-2-3-11(17-10)14(15)16/h2-3,9,12H,4-8H2,1H3. The normalized spacial score (nSPS) is 19.1. The molecule has 94 valence electrons. The number of hydrogen-bond donors (Lipinski definition) is 1. The predicted octanol–water partition coefficient (Wildman–Crippen LogP) is 1.49. The lowest BCUT2D eigenvalue weighted by Gasteiger charge is -2.32. The molecule has 0 amide bonds. The minimum Gasteiger partial charge on any atom is -0.314 e. The summed E-state index contributed by atoms with van der Waals surface area (Å²) in [5.41, 5.74) is 0. The highest BCUT2D eigenvalue weighted by molar-refractivity contribution is 7.15. The Balaban J connectivity index is 1.92. The van der Waals surface area contributed by atoms with Crippen LogP contribution in [0.25, 0.3) is 0 Å². The topological polar surface area (TPSA) is 58.4 Å². The van der Waals surface area contributed by atoms with Crippen LogP contribution < -0.4 is 5.32 Å². The van der Waals surface area contributed by atoms with E-state index >= 15 is 0 Å². The van der Waals surface area contributed by atoms with E-state index < -0.39 is 0 Å². The van der Waals surface area contributed by atoms with Gasteiger partial charge in [0, 0.05) is 43.2 Å². The zero-order valence-electron chi connectivity index (χ0n) is 9.89. The van der Waals surface area contributed by atoms with Crippen molar-refractivity contribution in [3.8, 4) is 0 Å². The van der Waals surface area contributed by atoms with Gasteiger partial charge in [-0.15, -0.1) is 0 Å². The van der Waals surface area contributed by atoms with E-state index in [9.17, 15) is 10.1 Å². The first kappa shape index (κ1) is 12.5. The van der Waals surface area contributed by atoms with Gasteiger partial charge in [0.1, 0.15) is 0 Å². The molecule has 0 saturated carbocycles. The molecule has 1 N–H and O–H groups in total. The van der Waals surface area contributed by atoms with Crippen LogP contribution in [0.4, 0.5) is 5.00 Å². The molecular formula is C11H17N3O2S. The summed E-state index contributed by atoms with van der Waals surface area (Å²) in [4.78, 5) is 13.8. The second-order valence-electron chi connectivity index (χ2n) is 4.34. The molecule has 2 heterocycles. The van der Waals surface area contributed by atoms with Crippen molar-refractivity contribution in [1.29, 1.82) is 0 Å². The first-order valence-corrected chi connectivity index (χ1v) is 6.66. The van der Waals surface area contributed by atoms with Crippen molar-refractivity contribution in [3.63, 3.8) is 0 Å². The van der Waals surface area contributed by atoms with Gasteiger partial charge in [-0.05, 0) is 19.4 Å². The van der Waals surface area contributed by atoms with E-state index in [4.69, 9.17) is 0 Å². The number of nitrogens with one attached hydrogen (secondary N) is 1. The molecule has 1 fully saturated rings. The Morgan fingerprint density at radius 1 is 1.53 bits per heavy atom. The second-order valence-corrected chi connectivity index (χ2v) is 5.48. The Morgan fingerprint density at radius 2 is 2.24 bits per heavy atom. The molecule has 1 unspecified atom stereocenters. The number of rotatable bonds is 4. The molecule has 17 heavy (non-hydrogen) atoms. The smallest absolute Gasteiger partial charge is 0.314 e. The molecule has 5 nitrogen and oxygen atoms in total. The van der Waals surface area contributed by atoms with Crippen LogP contribution in [-0.2, 0) is 6.42 Å². The molecule has 1 aliphatic heterocycles. The molecule has 0 radical (unpaired) electrons. The Labute approximate surface area is 105 Å². The van der Waals surface area contributed by atoms with Crippen LogP contribution in [0.5, 0.6) is 0 Å². The maximum Gasteiger partial charge on any atom is 0.324 e. The maximum absolute atomic E-state index is 10.6. The van der Waals surface area contributed by atoms with Crippen LogP contribution in [0.3, 0.4) is 0 Å².